The number of aryl methyl sites for hydroxylation is 6. The Balaban J connectivity index is 0.000000269. The standard InChI is InChI=1S/C35H42N2.C9H12.C8H10/c1-8-23(3)28-17-13-14-18-32(28)37(27-15-11-10-12-16-27)33-22-35-30(19-26(33)6)31-21-29(24(4)9-2)25(5)20-34(31)36(35)7;1-2-6-9-7-4-3-5-8-9;1-7-5-3-4-6-8(7)2/h10-24,28,32H,8-9H2,1-7H3;3-5,7-8H,2,6H2,1H3;3-6H,1-2H3. The lowest BCUT2D eigenvalue weighted by Crippen LogP contribution is -2.39. The summed E-state index contributed by atoms with van der Waals surface area (Å²) in [7, 11) is 2.23. The van der Waals surface area contributed by atoms with Crippen molar-refractivity contribution < 1.29 is 0 Å². The van der Waals surface area contributed by atoms with Gasteiger partial charge in [0.25, 0.3) is 0 Å². The van der Waals surface area contributed by atoms with E-state index in [0.29, 0.717) is 17.8 Å². The Labute approximate surface area is 327 Å². The van der Waals surface area contributed by atoms with Crippen LogP contribution in [0.4, 0.5) is 11.4 Å². The minimum atomic E-state index is 0.271. The first-order valence-electron chi connectivity index (χ1n) is 20.4. The summed E-state index contributed by atoms with van der Waals surface area (Å²) in [5, 5.41) is 2.73. The van der Waals surface area contributed by atoms with Crippen LogP contribution < -0.4 is 4.90 Å². The van der Waals surface area contributed by atoms with Gasteiger partial charge in [0.1, 0.15) is 0 Å². The number of anilines is 2. The smallest absolute Gasteiger partial charge is 0.0590 e. The molecule has 7 rings (SSSR count). The van der Waals surface area contributed by atoms with Crippen molar-refractivity contribution in [2.75, 3.05) is 4.90 Å². The van der Waals surface area contributed by atoms with Crippen molar-refractivity contribution >= 4 is 33.2 Å². The van der Waals surface area contributed by atoms with E-state index in [4.69, 9.17) is 0 Å². The van der Waals surface area contributed by atoms with E-state index < -0.39 is 0 Å². The molecule has 6 aromatic rings. The third-order valence-electron chi connectivity index (χ3n) is 11.7. The van der Waals surface area contributed by atoms with Gasteiger partial charge in [-0.2, -0.15) is 0 Å². The maximum absolute atomic E-state index is 2.58. The number of nitrogens with zero attached hydrogens (tertiary/aromatic N) is 2. The molecular weight excluding hydrogens is 653 g/mol. The first-order valence-corrected chi connectivity index (χ1v) is 20.4. The molecule has 0 fully saturated rings. The van der Waals surface area contributed by atoms with E-state index in [1.54, 1.807) is 0 Å². The highest BCUT2D eigenvalue weighted by atomic mass is 15.2. The maximum atomic E-state index is 2.58. The van der Waals surface area contributed by atoms with E-state index >= 15 is 0 Å². The highest BCUT2D eigenvalue weighted by molar-refractivity contribution is 6.10. The third kappa shape index (κ3) is 9.27. The molecule has 0 spiro atoms. The maximum Gasteiger partial charge on any atom is 0.0590 e. The average molecular weight is 717 g/mol. The van der Waals surface area contributed by atoms with Crippen LogP contribution in [0.25, 0.3) is 21.8 Å². The lowest BCUT2D eigenvalue weighted by Gasteiger charge is -2.40. The van der Waals surface area contributed by atoms with Gasteiger partial charge in [0, 0.05) is 40.6 Å². The predicted octanol–water partition coefficient (Wildman–Crippen LogP) is 14.7. The third-order valence-corrected chi connectivity index (χ3v) is 11.7. The lowest BCUT2D eigenvalue weighted by molar-refractivity contribution is 0.380. The van der Waals surface area contributed by atoms with Gasteiger partial charge >= 0.3 is 0 Å². The van der Waals surface area contributed by atoms with Crippen LogP contribution in [0.5, 0.6) is 0 Å². The summed E-state index contributed by atoms with van der Waals surface area (Å²) in [4.78, 5) is 2.58. The molecule has 0 N–H and O–H groups in total. The number of rotatable bonds is 9. The second-order valence-corrected chi connectivity index (χ2v) is 15.5. The molecule has 1 heterocycles. The molecule has 0 amide bonds. The van der Waals surface area contributed by atoms with E-state index in [9.17, 15) is 0 Å². The van der Waals surface area contributed by atoms with Gasteiger partial charge < -0.3 is 9.47 Å². The molecule has 0 bridgehead atoms. The molecule has 1 aromatic heterocycles. The van der Waals surface area contributed by atoms with E-state index in [0.717, 1.165) is 6.42 Å². The Morgan fingerprint density at radius 1 is 0.611 bits per heavy atom. The van der Waals surface area contributed by atoms with Crippen LogP contribution >= 0.6 is 0 Å². The van der Waals surface area contributed by atoms with Crippen molar-refractivity contribution in [1.29, 1.82) is 0 Å². The van der Waals surface area contributed by atoms with Gasteiger partial charge in [0.2, 0.25) is 0 Å². The molecule has 54 heavy (non-hydrogen) atoms. The Hall–Kier alpha value is -4.82. The minimum Gasteiger partial charge on any atom is -0.344 e. The zero-order valence-corrected chi connectivity index (χ0v) is 34.7. The first kappa shape index (κ1) is 40.4. The summed E-state index contributed by atoms with van der Waals surface area (Å²) < 4.78 is 2.40. The summed E-state index contributed by atoms with van der Waals surface area (Å²) >= 11 is 0. The number of hydrogen-bond acceptors (Lipinski definition) is 1. The van der Waals surface area contributed by atoms with Crippen LogP contribution in [-0.2, 0) is 13.5 Å². The number of aromatic nitrogens is 1. The summed E-state index contributed by atoms with van der Waals surface area (Å²) in [6.45, 7) is 20.3. The summed E-state index contributed by atoms with van der Waals surface area (Å²) in [6.07, 6.45) is 14.0. The quantitative estimate of drug-likeness (QED) is 0.145. The molecule has 2 heteroatoms. The van der Waals surface area contributed by atoms with Gasteiger partial charge in [0.05, 0.1) is 11.6 Å². The Morgan fingerprint density at radius 3 is 1.78 bits per heavy atom. The molecule has 1 aliphatic carbocycles. The molecule has 4 unspecified atom stereocenters. The van der Waals surface area contributed by atoms with Crippen molar-refractivity contribution in [3.8, 4) is 0 Å². The van der Waals surface area contributed by atoms with E-state index in [1.807, 2.05) is 0 Å². The van der Waals surface area contributed by atoms with Crippen molar-refractivity contribution in [2.45, 2.75) is 100.0 Å². The molecule has 282 valence electrons. The Morgan fingerprint density at radius 2 is 1.19 bits per heavy atom. The number of allylic oxidation sites excluding steroid dienone is 2. The number of hydrogen-bond donors (Lipinski definition) is 0. The average Bonchev–Trinajstić information content (AvgIpc) is 3.45. The zero-order valence-electron chi connectivity index (χ0n) is 34.7. The van der Waals surface area contributed by atoms with Crippen LogP contribution in [0.1, 0.15) is 93.2 Å². The molecule has 4 atom stereocenters. The lowest BCUT2D eigenvalue weighted by atomic mass is 9.81. The van der Waals surface area contributed by atoms with Crippen LogP contribution in [-0.4, -0.2) is 10.6 Å². The van der Waals surface area contributed by atoms with Crippen LogP contribution in [0.3, 0.4) is 0 Å². The molecule has 1 aliphatic rings. The Bertz CT molecular complexity index is 2130. The van der Waals surface area contributed by atoms with Crippen molar-refractivity contribution in [2.24, 2.45) is 18.9 Å². The second-order valence-electron chi connectivity index (χ2n) is 15.5. The number of fused-ring (bicyclic) bond motifs is 3. The topological polar surface area (TPSA) is 8.17 Å². The highest BCUT2D eigenvalue weighted by Gasteiger charge is 2.31. The van der Waals surface area contributed by atoms with Gasteiger partial charge in [-0.25, -0.2) is 0 Å². The largest absolute Gasteiger partial charge is 0.344 e. The van der Waals surface area contributed by atoms with Crippen LogP contribution in [0.2, 0.25) is 0 Å². The van der Waals surface area contributed by atoms with E-state index in [2.05, 4.69) is 212 Å². The summed E-state index contributed by atoms with van der Waals surface area (Å²) in [6, 6.07) is 39.9. The molecular formula is C52H64N2. The van der Waals surface area contributed by atoms with Gasteiger partial charge in [-0.15, -0.1) is 0 Å². The van der Waals surface area contributed by atoms with Gasteiger partial charge in [-0.3, -0.25) is 0 Å². The summed E-state index contributed by atoms with van der Waals surface area (Å²) in [5.41, 5.74) is 13.5. The van der Waals surface area contributed by atoms with Crippen molar-refractivity contribution in [3.05, 3.63) is 167 Å². The van der Waals surface area contributed by atoms with Gasteiger partial charge in [-0.05, 0) is 122 Å². The highest BCUT2D eigenvalue weighted by Crippen LogP contribution is 2.42. The predicted molar refractivity (Wildman–Crippen MR) is 239 cm³/mol. The molecule has 0 saturated carbocycles. The normalized spacial score (nSPS) is 16.0. The zero-order chi connectivity index (χ0) is 38.8. The fourth-order valence-corrected chi connectivity index (χ4v) is 7.85. The van der Waals surface area contributed by atoms with Gasteiger partial charge in [-0.1, -0.05) is 145 Å². The van der Waals surface area contributed by atoms with Gasteiger partial charge in [0.15, 0.2) is 0 Å². The summed E-state index contributed by atoms with van der Waals surface area (Å²) in [5.74, 6) is 1.62. The number of benzene rings is 5. The molecule has 2 nitrogen and oxygen atoms in total. The Kier molecular flexibility index (Phi) is 14.2. The van der Waals surface area contributed by atoms with E-state index in [-0.39, 0.29) is 6.04 Å². The fourth-order valence-electron chi connectivity index (χ4n) is 7.85. The molecule has 0 saturated heterocycles. The van der Waals surface area contributed by atoms with E-state index in [1.165, 1.54) is 85.8 Å². The molecule has 5 aromatic carbocycles. The van der Waals surface area contributed by atoms with Crippen LogP contribution in [0.15, 0.2) is 133 Å². The monoisotopic (exact) mass is 717 g/mol. The van der Waals surface area contributed by atoms with Crippen molar-refractivity contribution in [3.63, 3.8) is 0 Å². The first-order chi connectivity index (χ1) is 26.1. The fraction of sp³-hybridized carbons (Fsp3) is 0.346. The SMILES string of the molecule is CCC(C)c1cc2c3cc(C)c(N(c4ccccc4)C4C=CC=CC4C(C)CC)cc3n(C)c2cc1C.CCCc1ccccc1.Cc1ccccc1C. The minimum absolute atomic E-state index is 0.271. The number of para-hydroxylation sites is 1. The second kappa shape index (κ2) is 19.0. The molecule has 0 aliphatic heterocycles. The molecule has 0 radical (unpaired) electrons. The van der Waals surface area contributed by atoms with Crippen molar-refractivity contribution in [1.82, 2.24) is 4.57 Å². The van der Waals surface area contributed by atoms with Crippen LogP contribution in [0, 0.1) is 39.5 Å².